The minimum absolute atomic E-state index is 0.0360. The van der Waals surface area contributed by atoms with Crippen LogP contribution in [0.5, 0.6) is 5.75 Å². The maximum Gasteiger partial charge on any atom is 0.223 e. The maximum atomic E-state index is 13.3. The van der Waals surface area contributed by atoms with E-state index in [-0.39, 0.29) is 24.1 Å². The van der Waals surface area contributed by atoms with Gasteiger partial charge in [-0.15, -0.1) is 0 Å². The fourth-order valence-electron chi connectivity index (χ4n) is 7.87. The number of ether oxygens (including phenoxy) is 1. The van der Waals surface area contributed by atoms with Crippen LogP contribution in [0.3, 0.4) is 0 Å². The highest BCUT2D eigenvalue weighted by molar-refractivity contribution is 5.77. The van der Waals surface area contributed by atoms with Gasteiger partial charge in [0.15, 0.2) is 0 Å². The van der Waals surface area contributed by atoms with Crippen molar-refractivity contribution in [3.63, 3.8) is 0 Å². The number of piperidine rings is 1. The van der Waals surface area contributed by atoms with Gasteiger partial charge in [-0.1, -0.05) is 12.1 Å². The maximum absolute atomic E-state index is 13.3. The summed E-state index contributed by atoms with van der Waals surface area (Å²) in [7, 11) is 1.93. The van der Waals surface area contributed by atoms with Crippen LogP contribution < -0.4 is 4.74 Å². The number of hydrogen-bond acceptors (Lipinski definition) is 5. The highest BCUT2D eigenvalue weighted by Crippen LogP contribution is 2.64. The van der Waals surface area contributed by atoms with Crippen molar-refractivity contribution < 1.29 is 19.1 Å². The van der Waals surface area contributed by atoms with Crippen molar-refractivity contribution in [2.45, 2.75) is 80.6 Å². The summed E-state index contributed by atoms with van der Waals surface area (Å²) < 4.78 is 11.9. The Morgan fingerprint density at radius 3 is 2.91 bits per heavy atom. The Hall–Kier alpha value is -2.31. The number of furan rings is 1. The van der Waals surface area contributed by atoms with Crippen molar-refractivity contribution in [2.75, 3.05) is 20.1 Å². The molecule has 1 saturated heterocycles. The van der Waals surface area contributed by atoms with Crippen LogP contribution in [-0.4, -0.2) is 64.7 Å². The van der Waals surface area contributed by atoms with E-state index in [4.69, 9.17) is 9.15 Å². The number of carbonyl (C=O) groups is 1. The standard InChI is InChI=1S/C28H34N2O4/c1-29(24(31)8-7-19-10-14-33-17-19)21-9-11-28(32)23-15-20-3-2-4-22-25(20)27(28,26(21)34-22)12-13-30(23)16-18-5-6-18/h2-4,10,14,17-18,21,23,26,32H,5-9,11-13,15-16H2,1H3/t21-,23+,26-,27-,28+/m0/s1. The average Bonchev–Trinajstić information content (AvgIpc) is 3.35. The highest BCUT2D eigenvalue weighted by atomic mass is 16.5. The second-order valence-electron chi connectivity index (χ2n) is 11.4. The summed E-state index contributed by atoms with van der Waals surface area (Å²) in [6, 6.07) is 8.43. The van der Waals surface area contributed by atoms with Gasteiger partial charge in [0.25, 0.3) is 0 Å². The lowest BCUT2D eigenvalue weighted by molar-refractivity contribution is -0.200. The van der Waals surface area contributed by atoms with Crippen LogP contribution in [0.4, 0.5) is 0 Å². The minimum Gasteiger partial charge on any atom is -0.487 e. The molecular formula is C28H34N2O4. The minimum atomic E-state index is -0.804. The molecule has 1 aromatic heterocycles. The molecule has 2 aliphatic heterocycles. The molecule has 1 aromatic carbocycles. The summed E-state index contributed by atoms with van der Waals surface area (Å²) in [5, 5.41) is 12.5. The van der Waals surface area contributed by atoms with E-state index < -0.39 is 11.0 Å². The Morgan fingerprint density at radius 2 is 2.12 bits per heavy atom. The molecule has 2 aromatic rings. The molecule has 1 spiro atoms. The molecule has 3 heterocycles. The predicted molar refractivity (Wildman–Crippen MR) is 127 cm³/mol. The first kappa shape index (κ1) is 21.0. The van der Waals surface area contributed by atoms with Crippen LogP contribution >= 0.6 is 0 Å². The lowest BCUT2D eigenvalue weighted by atomic mass is 9.48. The third kappa shape index (κ3) is 2.78. The number of aryl methyl sites for hydroxylation is 1. The van der Waals surface area contributed by atoms with Gasteiger partial charge in [0.05, 0.1) is 29.6 Å². The number of nitrogens with zero attached hydrogens (tertiary/aromatic N) is 2. The van der Waals surface area contributed by atoms with Crippen molar-refractivity contribution >= 4 is 5.91 Å². The Labute approximate surface area is 200 Å². The fraction of sp³-hybridized carbons (Fsp3) is 0.607. The molecule has 5 aliphatic rings. The van der Waals surface area contributed by atoms with Gasteiger partial charge in [0.2, 0.25) is 5.91 Å². The van der Waals surface area contributed by atoms with Crippen molar-refractivity contribution in [1.29, 1.82) is 0 Å². The largest absolute Gasteiger partial charge is 0.487 e. The number of carbonyl (C=O) groups excluding carboxylic acids is 1. The second-order valence-corrected chi connectivity index (χ2v) is 11.4. The molecule has 2 bridgehead atoms. The summed E-state index contributed by atoms with van der Waals surface area (Å²) in [6.07, 6.45) is 10.2. The number of benzene rings is 1. The molecule has 1 amide bonds. The molecule has 5 atom stereocenters. The van der Waals surface area contributed by atoms with Gasteiger partial charge in [-0.3, -0.25) is 9.69 Å². The molecule has 7 rings (SSSR count). The van der Waals surface area contributed by atoms with Gasteiger partial charge in [-0.05, 0) is 80.7 Å². The molecule has 3 fully saturated rings. The summed E-state index contributed by atoms with van der Waals surface area (Å²) >= 11 is 0. The van der Waals surface area contributed by atoms with E-state index in [1.54, 1.807) is 12.5 Å². The monoisotopic (exact) mass is 462 g/mol. The van der Waals surface area contributed by atoms with Gasteiger partial charge in [0.1, 0.15) is 11.9 Å². The van der Waals surface area contributed by atoms with E-state index in [0.717, 1.165) is 56.0 Å². The SMILES string of the molecule is CN(C(=O)CCc1ccoc1)[C@H]1CC[C@@]2(O)[C@H]3Cc4cccc5c4[C@@]2(CCN3CC2CC2)[C@H]1O5. The summed E-state index contributed by atoms with van der Waals surface area (Å²) in [4.78, 5) is 17.8. The fourth-order valence-corrected chi connectivity index (χ4v) is 7.87. The van der Waals surface area contributed by atoms with Gasteiger partial charge < -0.3 is 19.2 Å². The third-order valence-electron chi connectivity index (χ3n) is 9.73. The lowest BCUT2D eigenvalue weighted by Crippen LogP contribution is -2.78. The zero-order valence-electron chi connectivity index (χ0n) is 19.9. The van der Waals surface area contributed by atoms with Crippen molar-refractivity contribution in [2.24, 2.45) is 5.92 Å². The Bertz CT molecular complexity index is 1110. The van der Waals surface area contributed by atoms with Crippen LogP contribution in [0.25, 0.3) is 0 Å². The Morgan fingerprint density at radius 1 is 1.24 bits per heavy atom. The zero-order chi connectivity index (χ0) is 23.1. The summed E-state index contributed by atoms with van der Waals surface area (Å²) in [6.45, 7) is 2.11. The van der Waals surface area contributed by atoms with Gasteiger partial charge in [-0.25, -0.2) is 0 Å². The van der Waals surface area contributed by atoms with Gasteiger partial charge in [-0.2, -0.15) is 0 Å². The van der Waals surface area contributed by atoms with E-state index in [9.17, 15) is 9.90 Å². The number of aliphatic hydroxyl groups is 1. The van der Waals surface area contributed by atoms with Crippen LogP contribution in [0, 0.1) is 5.92 Å². The normalized spacial score (nSPS) is 35.5. The number of likely N-dealkylation sites (N-methyl/N-ethyl adjacent to an activating group) is 1. The number of rotatable bonds is 6. The summed E-state index contributed by atoms with van der Waals surface area (Å²) in [5.41, 5.74) is 2.40. The molecule has 0 unspecified atom stereocenters. The number of likely N-dealkylation sites (tertiary alicyclic amines) is 1. The second kappa shape index (κ2) is 7.34. The first-order valence-corrected chi connectivity index (χ1v) is 13.0. The molecule has 6 nitrogen and oxygen atoms in total. The van der Waals surface area contributed by atoms with Gasteiger partial charge >= 0.3 is 0 Å². The van der Waals surface area contributed by atoms with Crippen LogP contribution in [0.1, 0.15) is 55.2 Å². The summed E-state index contributed by atoms with van der Waals surface area (Å²) in [5.74, 6) is 1.86. The predicted octanol–water partition coefficient (Wildman–Crippen LogP) is 3.30. The van der Waals surface area contributed by atoms with Crippen molar-refractivity contribution in [3.05, 3.63) is 53.5 Å². The number of amides is 1. The Balaban J connectivity index is 1.23. The smallest absolute Gasteiger partial charge is 0.223 e. The molecule has 2 saturated carbocycles. The van der Waals surface area contributed by atoms with E-state index in [2.05, 4.69) is 23.1 Å². The lowest BCUT2D eigenvalue weighted by Gasteiger charge is -2.64. The molecule has 180 valence electrons. The molecule has 3 aliphatic carbocycles. The first-order chi connectivity index (χ1) is 16.5. The molecule has 6 heteroatoms. The van der Waals surface area contributed by atoms with Crippen molar-refractivity contribution in [1.82, 2.24) is 9.80 Å². The van der Waals surface area contributed by atoms with Gasteiger partial charge in [0, 0.05) is 31.6 Å². The Kier molecular flexibility index (Phi) is 4.54. The van der Waals surface area contributed by atoms with E-state index in [0.29, 0.717) is 12.8 Å². The quantitative estimate of drug-likeness (QED) is 0.714. The van der Waals surface area contributed by atoms with E-state index in [1.165, 1.54) is 24.0 Å². The third-order valence-corrected chi connectivity index (χ3v) is 9.73. The zero-order valence-corrected chi connectivity index (χ0v) is 19.9. The highest BCUT2D eigenvalue weighted by Gasteiger charge is 2.73. The first-order valence-electron chi connectivity index (χ1n) is 13.0. The number of hydrogen-bond donors (Lipinski definition) is 1. The van der Waals surface area contributed by atoms with Crippen LogP contribution in [0.15, 0.2) is 41.2 Å². The van der Waals surface area contributed by atoms with Crippen LogP contribution in [0.2, 0.25) is 0 Å². The van der Waals surface area contributed by atoms with Crippen molar-refractivity contribution in [3.8, 4) is 5.75 Å². The average molecular weight is 463 g/mol. The topological polar surface area (TPSA) is 66.2 Å². The molecule has 34 heavy (non-hydrogen) atoms. The van der Waals surface area contributed by atoms with E-state index in [1.807, 2.05) is 18.0 Å². The van der Waals surface area contributed by atoms with E-state index >= 15 is 0 Å². The molecule has 0 radical (unpaired) electrons. The molecule has 1 N–H and O–H groups in total. The van der Waals surface area contributed by atoms with Crippen LogP contribution in [-0.2, 0) is 23.1 Å². The molecular weight excluding hydrogens is 428 g/mol.